The molecule has 0 saturated carbocycles. The molecule has 32 heavy (non-hydrogen) atoms. The molecule has 0 aliphatic heterocycles. The first kappa shape index (κ1) is 24.5. The van der Waals surface area contributed by atoms with Crippen LogP contribution in [0.1, 0.15) is 11.3 Å². The maximum absolute atomic E-state index is 13.4. The first-order valence-corrected chi connectivity index (χ1v) is 13.0. The maximum Gasteiger partial charge on any atom is 0.264 e. The van der Waals surface area contributed by atoms with Crippen LogP contribution in [0.2, 0.25) is 10.0 Å². The Morgan fingerprint density at radius 2 is 1.84 bits per heavy atom. The topological polar surface area (TPSA) is 79.6 Å². The number of rotatable bonds is 10. The van der Waals surface area contributed by atoms with E-state index >= 15 is 0 Å². The number of halogens is 2. The predicted molar refractivity (Wildman–Crippen MR) is 130 cm³/mol. The quantitative estimate of drug-likeness (QED) is 0.380. The summed E-state index contributed by atoms with van der Waals surface area (Å²) in [5, 5.41) is 3.02. The van der Waals surface area contributed by atoms with E-state index in [9.17, 15) is 13.2 Å². The van der Waals surface area contributed by atoms with Crippen molar-refractivity contribution >= 4 is 56.6 Å². The molecule has 3 rings (SSSR count). The van der Waals surface area contributed by atoms with Crippen LogP contribution in [0, 0.1) is 6.92 Å². The van der Waals surface area contributed by atoms with Gasteiger partial charge in [-0.25, -0.2) is 8.42 Å². The molecule has 2 aromatic carbocycles. The molecule has 1 N–H and O–H groups in total. The second-order valence-electron chi connectivity index (χ2n) is 6.88. The molecule has 0 fully saturated rings. The van der Waals surface area contributed by atoms with Gasteiger partial charge < -0.3 is 9.73 Å². The van der Waals surface area contributed by atoms with Gasteiger partial charge in [0, 0.05) is 12.3 Å². The van der Waals surface area contributed by atoms with Gasteiger partial charge in [-0.1, -0.05) is 47.0 Å². The van der Waals surface area contributed by atoms with Crippen molar-refractivity contribution in [3.63, 3.8) is 0 Å². The molecule has 0 aliphatic carbocycles. The molecular weight excluding hydrogens is 491 g/mol. The van der Waals surface area contributed by atoms with Crippen LogP contribution < -0.4 is 9.62 Å². The SMILES string of the molecule is Cc1ccc(S(=O)(=O)N(CC(=O)NCCSCc2ccco2)c2cccc(Cl)c2Cl)cc1. The van der Waals surface area contributed by atoms with Crippen molar-refractivity contribution < 1.29 is 17.6 Å². The Morgan fingerprint density at radius 3 is 2.53 bits per heavy atom. The smallest absolute Gasteiger partial charge is 0.264 e. The molecule has 10 heteroatoms. The summed E-state index contributed by atoms with van der Waals surface area (Å²) in [5.74, 6) is 1.74. The average Bonchev–Trinajstić information content (AvgIpc) is 3.28. The van der Waals surface area contributed by atoms with Crippen molar-refractivity contribution in [2.45, 2.75) is 17.6 Å². The van der Waals surface area contributed by atoms with Crippen LogP contribution in [0.4, 0.5) is 5.69 Å². The monoisotopic (exact) mass is 512 g/mol. The number of amides is 1. The van der Waals surface area contributed by atoms with E-state index in [1.807, 2.05) is 19.1 Å². The van der Waals surface area contributed by atoms with Gasteiger partial charge in [0.2, 0.25) is 5.91 Å². The lowest BCUT2D eigenvalue weighted by Gasteiger charge is -2.25. The number of sulfonamides is 1. The standard InChI is InChI=1S/C22H22Cl2N2O4S2/c1-16-7-9-18(10-8-16)32(28,29)26(20-6-2-5-19(23)22(20)24)14-21(27)25-11-13-31-15-17-4-3-12-30-17/h2-10,12H,11,13-15H2,1H3,(H,25,27). The van der Waals surface area contributed by atoms with Crippen LogP contribution in [0.15, 0.2) is 70.2 Å². The van der Waals surface area contributed by atoms with Crippen molar-refractivity contribution in [3.05, 3.63) is 82.2 Å². The van der Waals surface area contributed by atoms with Crippen molar-refractivity contribution in [3.8, 4) is 0 Å². The summed E-state index contributed by atoms with van der Waals surface area (Å²) >= 11 is 14.0. The molecule has 0 unspecified atom stereocenters. The van der Waals surface area contributed by atoms with E-state index in [0.29, 0.717) is 18.1 Å². The van der Waals surface area contributed by atoms with E-state index in [4.69, 9.17) is 27.6 Å². The molecule has 1 heterocycles. The van der Waals surface area contributed by atoms with Crippen molar-refractivity contribution in [2.75, 3.05) is 23.1 Å². The van der Waals surface area contributed by atoms with Gasteiger partial charge in [0.1, 0.15) is 12.3 Å². The number of anilines is 1. The molecule has 0 saturated heterocycles. The Hall–Kier alpha value is -2.13. The van der Waals surface area contributed by atoms with Crippen molar-refractivity contribution in [1.82, 2.24) is 5.32 Å². The van der Waals surface area contributed by atoms with Crippen LogP contribution in [-0.2, 0) is 20.6 Å². The molecular formula is C22H22Cl2N2O4S2. The van der Waals surface area contributed by atoms with Crippen molar-refractivity contribution in [1.29, 1.82) is 0 Å². The number of thioether (sulfide) groups is 1. The van der Waals surface area contributed by atoms with E-state index in [1.165, 1.54) is 18.2 Å². The average molecular weight is 513 g/mol. The first-order valence-electron chi connectivity index (χ1n) is 9.69. The minimum atomic E-state index is -4.06. The minimum Gasteiger partial charge on any atom is -0.468 e. The molecule has 0 atom stereocenters. The third-order valence-corrected chi connectivity index (χ3v) is 8.05. The maximum atomic E-state index is 13.4. The van der Waals surface area contributed by atoms with Gasteiger partial charge in [-0.2, -0.15) is 11.8 Å². The van der Waals surface area contributed by atoms with E-state index in [1.54, 1.807) is 42.3 Å². The molecule has 0 bridgehead atoms. The van der Waals surface area contributed by atoms with Gasteiger partial charge in [0.25, 0.3) is 10.0 Å². The van der Waals surface area contributed by atoms with Gasteiger partial charge in [-0.15, -0.1) is 0 Å². The second kappa shape index (κ2) is 11.1. The fraction of sp³-hybridized carbons (Fsp3) is 0.227. The van der Waals surface area contributed by atoms with Gasteiger partial charge in [0.05, 0.1) is 32.6 Å². The predicted octanol–water partition coefficient (Wildman–Crippen LogP) is 5.14. The van der Waals surface area contributed by atoms with Gasteiger partial charge >= 0.3 is 0 Å². The molecule has 3 aromatic rings. The lowest BCUT2D eigenvalue weighted by atomic mass is 10.2. The van der Waals surface area contributed by atoms with E-state index in [-0.39, 0.29) is 20.6 Å². The third-order valence-electron chi connectivity index (χ3n) is 4.49. The largest absolute Gasteiger partial charge is 0.468 e. The molecule has 0 spiro atoms. The summed E-state index contributed by atoms with van der Waals surface area (Å²) in [7, 11) is -4.06. The van der Waals surface area contributed by atoms with E-state index in [0.717, 1.165) is 15.6 Å². The van der Waals surface area contributed by atoms with E-state index in [2.05, 4.69) is 5.32 Å². The molecule has 0 radical (unpaired) electrons. The molecule has 1 amide bonds. The fourth-order valence-electron chi connectivity index (χ4n) is 2.84. The Bertz CT molecular complexity index is 1150. The number of nitrogens with zero attached hydrogens (tertiary/aromatic N) is 1. The number of carbonyl (C=O) groups excluding carboxylic acids is 1. The highest BCUT2D eigenvalue weighted by atomic mass is 35.5. The van der Waals surface area contributed by atoms with Gasteiger partial charge in [-0.05, 0) is 43.3 Å². The molecule has 0 aliphatic rings. The molecule has 1 aromatic heterocycles. The van der Waals surface area contributed by atoms with Crippen LogP contribution in [-0.4, -0.2) is 33.2 Å². The van der Waals surface area contributed by atoms with Gasteiger partial charge in [0.15, 0.2) is 0 Å². The number of hydrogen-bond acceptors (Lipinski definition) is 5. The number of hydrogen-bond donors (Lipinski definition) is 1. The van der Waals surface area contributed by atoms with Gasteiger partial charge in [-0.3, -0.25) is 9.10 Å². The van der Waals surface area contributed by atoms with E-state index < -0.39 is 22.5 Å². The highest BCUT2D eigenvalue weighted by Gasteiger charge is 2.29. The Morgan fingerprint density at radius 1 is 1.09 bits per heavy atom. The zero-order valence-corrected chi connectivity index (χ0v) is 20.4. The third kappa shape index (κ3) is 6.22. The summed E-state index contributed by atoms with van der Waals surface area (Å²) in [6, 6.07) is 14.8. The van der Waals surface area contributed by atoms with Crippen LogP contribution in [0.3, 0.4) is 0 Å². The number of benzene rings is 2. The van der Waals surface area contributed by atoms with Crippen LogP contribution >= 0.6 is 35.0 Å². The number of carbonyl (C=O) groups is 1. The van der Waals surface area contributed by atoms with Crippen LogP contribution in [0.25, 0.3) is 0 Å². The molecule has 6 nitrogen and oxygen atoms in total. The minimum absolute atomic E-state index is 0.0564. The normalized spacial score (nSPS) is 11.3. The Kier molecular flexibility index (Phi) is 8.53. The lowest BCUT2D eigenvalue weighted by molar-refractivity contribution is -0.119. The summed E-state index contributed by atoms with van der Waals surface area (Å²) in [5.41, 5.74) is 1.06. The fourth-order valence-corrected chi connectivity index (χ4v) is 5.48. The molecule has 170 valence electrons. The summed E-state index contributed by atoms with van der Waals surface area (Å²) in [6.07, 6.45) is 1.61. The summed E-state index contributed by atoms with van der Waals surface area (Å²) < 4.78 is 33.0. The van der Waals surface area contributed by atoms with Crippen LogP contribution in [0.5, 0.6) is 0 Å². The zero-order chi connectivity index (χ0) is 23.1. The first-order chi connectivity index (χ1) is 15.3. The lowest BCUT2D eigenvalue weighted by Crippen LogP contribution is -2.41. The zero-order valence-electron chi connectivity index (χ0n) is 17.3. The highest BCUT2D eigenvalue weighted by molar-refractivity contribution is 7.98. The summed E-state index contributed by atoms with van der Waals surface area (Å²) in [4.78, 5) is 12.7. The summed E-state index contributed by atoms with van der Waals surface area (Å²) in [6.45, 7) is 1.81. The Labute approximate surface area is 201 Å². The second-order valence-corrected chi connectivity index (χ2v) is 10.6. The number of aryl methyl sites for hydroxylation is 1. The Balaban J connectivity index is 1.73. The number of furan rings is 1. The highest BCUT2D eigenvalue weighted by Crippen LogP contribution is 2.35. The number of nitrogens with one attached hydrogen (secondary N) is 1. The van der Waals surface area contributed by atoms with Crippen molar-refractivity contribution in [2.24, 2.45) is 0 Å².